The Labute approximate surface area is 133 Å². The van der Waals surface area contributed by atoms with Gasteiger partial charge in [0.15, 0.2) is 0 Å². The van der Waals surface area contributed by atoms with Crippen molar-refractivity contribution in [2.24, 2.45) is 0 Å². The molecule has 4 nitrogen and oxygen atoms in total. The van der Waals surface area contributed by atoms with Crippen molar-refractivity contribution < 1.29 is 19.4 Å². The lowest BCUT2D eigenvalue weighted by Gasteiger charge is -2.18. The number of hydrogen-bond acceptors (Lipinski definition) is 4. The molecule has 0 saturated heterocycles. The SMILES string of the molecule is CC.CC(C)=CCc1ccc(OC(=O)OC(C)(C)C)cc1O. The molecular formula is C18H28O4. The van der Waals surface area contributed by atoms with Crippen LogP contribution in [-0.4, -0.2) is 16.9 Å². The van der Waals surface area contributed by atoms with Gasteiger partial charge in [-0.2, -0.15) is 0 Å². The number of hydrogen-bond donors (Lipinski definition) is 1. The molecule has 0 heterocycles. The lowest BCUT2D eigenvalue weighted by molar-refractivity contribution is 0.0206. The Kier molecular flexibility index (Phi) is 8.31. The number of phenols is 1. The summed E-state index contributed by atoms with van der Waals surface area (Å²) < 4.78 is 10.1. The van der Waals surface area contributed by atoms with E-state index in [0.717, 1.165) is 5.56 Å². The summed E-state index contributed by atoms with van der Waals surface area (Å²) in [7, 11) is 0. The Balaban J connectivity index is 0.00000211. The number of phenolic OH excluding ortho intramolecular Hbond substituents is 1. The van der Waals surface area contributed by atoms with Crippen LogP contribution in [0, 0.1) is 0 Å². The molecule has 0 aromatic heterocycles. The Morgan fingerprint density at radius 1 is 1.23 bits per heavy atom. The summed E-state index contributed by atoms with van der Waals surface area (Å²) in [5, 5.41) is 9.89. The van der Waals surface area contributed by atoms with Gasteiger partial charge in [0.25, 0.3) is 0 Å². The summed E-state index contributed by atoms with van der Waals surface area (Å²) in [4.78, 5) is 11.5. The molecule has 1 N–H and O–H groups in total. The van der Waals surface area contributed by atoms with Crippen LogP contribution in [0.25, 0.3) is 0 Å². The molecule has 0 radical (unpaired) electrons. The van der Waals surface area contributed by atoms with Crippen molar-refractivity contribution in [1.82, 2.24) is 0 Å². The van der Waals surface area contributed by atoms with E-state index < -0.39 is 11.8 Å². The molecule has 1 rings (SSSR count). The van der Waals surface area contributed by atoms with Gasteiger partial charge >= 0.3 is 6.16 Å². The van der Waals surface area contributed by atoms with Gasteiger partial charge in [-0.25, -0.2) is 4.79 Å². The lowest BCUT2D eigenvalue weighted by atomic mass is 10.1. The number of aromatic hydroxyl groups is 1. The van der Waals surface area contributed by atoms with E-state index in [-0.39, 0.29) is 11.5 Å². The third-order valence-electron chi connectivity index (χ3n) is 2.38. The van der Waals surface area contributed by atoms with Crippen molar-refractivity contribution in [3.8, 4) is 11.5 Å². The van der Waals surface area contributed by atoms with E-state index in [4.69, 9.17) is 9.47 Å². The third kappa shape index (κ3) is 8.35. The Morgan fingerprint density at radius 3 is 2.27 bits per heavy atom. The summed E-state index contributed by atoms with van der Waals surface area (Å²) >= 11 is 0. The molecule has 0 aliphatic heterocycles. The minimum absolute atomic E-state index is 0.101. The molecule has 22 heavy (non-hydrogen) atoms. The summed E-state index contributed by atoms with van der Waals surface area (Å²) in [6.45, 7) is 13.3. The van der Waals surface area contributed by atoms with Crippen molar-refractivity contribution in [3.05, 3.63) is 35.4 Å². The molecule has 0 amide bonds. The molecule has 0 aliphatic carbocycles. The van der Waals surface area contributed by atoms with Gasteiger partial charge < -0.3 is 14.6 Å². The Morgan fingerprint density at radius 2 is 1.82 bits per heavy atom. The molecular weight excluding hydrogens is 280 g/mol. The second kappa shape index (κ2) is 9.13. The number of carbonyl (C=O) groups is 1. The van der Waals surface area contributed by atoms with Crippen molar-refractivity contribution in [3.63, 3.8) is 0 Å². The fraction of sp³-hybridized carbons (Fsp3) is 0.500. The summed E-state index contributed by atoms with van der Waals surface area (Å²) in [5.41, 5.74) is 1.35. The molecule has 0 spiro atoms. The third-order valence-corrected chi connectivity index (χ3v) is 2.38. The second-order valence-corrected chi connectivity index (χ2v) is 5.84. The van der Waals surface area contributed by atoms with Crippen LogP contribution in [0.4, 0.5) is 4.79 Å². The zero-order chi connectivity index (χ0) is 17.3. The van der Waals surface area contributed by atoms with Gasteiger partial charge in [-0.15, -0.1) is 0 Å². The molecule has 4 heteroatoms. The molecule has 1 aromatic carbocycles. The van der Waals surface area contributed by atoms with E-state index in [1.165, 1.54) is 11.6 Å². The molecule has 0 unspecified atom stereocenters. The highest BCUT2D eigenvalue weighted by atomic mass is 16.7. The number of allylic oxidation sites excluding steroid dienone is 2. The fourth-order valence-corrected chi connectivity index (χ4v) is 1.46. The van der Waals surface area contributed by atoms with Crippen LogP contribution in [0.2, 0.25) is 0 Å². The van der Waals surface area contributed by atoms with Gasteiger partial charge in [0.2, 0.25) is 0 Å². The van der Waals surface area contributed by atoms with Crippen LogP contribution in [0.5, 0.6) is 11.5 Å². The molecule has 0 atom stereocenters. The van der Waals surface area contributed by atoms with Gasteiger partial charge in [0.05, 0.1) is 0 Å². The largest absolute Gasteiger partial charge is 0.514 e. The maximum Gasteiger partial charge on any atom is 0.514 e. The number of benzene rings is 1. The molecule has 0 bridgehead atoms. The Hall–Kier alpha value is -1.97. The van der Waals surface area contributed by atoms with Gasteiger partial charge in [-0.1, -0.05) is 31.6 Å². The van der Waals surface area contributed by atoms with E-state index in [1.807, 2.05) is 33.8 Å². The zero-order valence-corrected chi connectivity index (χ0v) is 14.7. The average molecular weight is 308 g/mol. The van der Waals surface area contributed by atoms with Crippen LogP contribution in [-0.2, 0) is 11.2 Å². The topological polar surface area (TPSA) is 55.8 Å². The van der Waals surface area contributed by atoms with Crippen molar-refractivity contribution in [2.75, 3.05) is 0 Å². The van der Waals surface area contributed by atoms with Crippen LogP contribution >= 0.6 is 0 Å². The summed E-state index contributed by atoms with van der Waals surface area (Å²) in [6.07, 6.45) is 1.87. The number of rotatable bonds is 3. The first kappa shape index (κ1) is 20.0. The smallest absolute Gasteiger partial charge is 0.508 e. The van der Waals surface area contributed by atoms with Crippen molar-refractivity contribution in [1.29, 1.82) is 0 Å². The molecule has 0 saturated carbocycles. The van der Waals surface area contributed by atoms with E-state index >= 15 is 0 Å². The van der Waals surface area contributed by atoms with E-state index in [0.29, 0.717) is 6.42 Å². The van der Waals surface area contributed by atoms with Crippen LogP contribution in [0.1, 0.15) is 54.0 Å². The maximum absolute atomic E-state index is 11.5. The molecule has 0 fully saturated rings. The monoisotopic (exact) mass is 308 g/mol. The summed E-state index contributed by atoms with van der Waals surface area (Å²) in [6, 6.07) is 4.78. The van der Waals surface area contributed by atoms with E-state index in [9.17, 15) is 9.90 Å². The predicted molar refractivity (Wildman–Crippen MR) is 89.5 cm³/mol. The van der Waals surface area contributed by atoms with Gasteiger partial charge in [-0.3, -0.25) is 0 Å². The first-order valence-corrected chi connectivity index (χ1v) is 7.53. The minimum Gasteiger partial charge on any atom is -0.508 e. The molecule has 1 aromatic rings. The number of carbonyl (C=O) groups excluding carboxylic acids is 1. The van der Waals surface area contributed by atoms with Crippen LogP contribution < -0.4 is 4.74 Å². The van der Waals surface area contributed by atoms with Gasteiger partial charge in [0.1, 0.15) is 17.1 Å². The van der Waals surface area contributed by atoms with Crippen LogP contribution in [0.3, 0.4) is 0 Å². The Bertz CT molecular complexity index is 506. The molecule has 0 aliphatic rings. The average Bonchev–Trinajstić information content (AvgIpc) is 2.37. The van der Waals surface area contributed by atoms with Crippen LogP contribution in [0.15, 0.2) is 29.8 Å². The first-order chi connectivity index (χ1) is 10.2. The summed E-state index contributed by atoms with van der Waals surface area (Å²) in [5.74, 6) is 0.362. The minimum atomic E-state index is -0.783. The maximum atomic E-state index is 11.5. The van der Waals surface area contributed by atoms with E-state index in [1.54, 1.807) is 32.9 Å². The highest BCUT2D eigenvalue weighted by Gasteiger charge is 2.18. The second-order valence-electron chi connectivity index (χ2n) is 5.84. The van der Waals surface area contributed by atoms with Gasteiger partial charge in [-0.05, 0) is 52.7 Å². The zero-order valence-electron chi connectivity index (χ0n) is 14.7. The molecule has 124 valence electrons. The van der Waals surface area contributed by atoms with Crippen molar-refractivity contribution >= 4 is 6.16 Å². The van der Waals surface area contributed by atoms with Crippen molar-refractivity contribution in [2.45, 2.75) is 60.5 Å². The normalized spacial score (nSPS) is 10.1. The highest BCUT2D eigenvalue weighted by Crippen LogP contribution is 2.25. The predicted octanol–water partition coefficient (Wildman–Crippen LogP) is 5.24. The number of ether oxygens (including phenoxy) is 2. The quantitative estimate of drug-likeness (QED) is 0.471. The fourth-order valence-electron chi connectivity index (χ4n) is 1.46. The first-order valence-electron chi connectivity index (χ1n) is 7.53. The highest BCUT2D eigenvalue weighted by molar-refractivity contribution is 5.64. The van der Waals surface area contributed by atoms with E-state index in [2.05, 4.69) is 0 Å². The van der Waals surface area contributed by atoms with Gasteiger partial charge in [0, 0.05) is 6.07 Å². The standard InChI is InChI=1S/C16H22O4.C2H6/c1-11(2)6-7-12-8-9-13(10-14(12)17)19-15(18)20-16(3,4)5;1-2/h6,8-10,17H,7H2,1-5H3;1-2H3. The lowest BCUT2D eigenvalue weighted by Crippen LogP contribution is -2.25.